The van der Waals surface area contributed by atoms with Gasteiger partial charge in [-0.1, -0.05) is 43.5 Å². The Bertz CT molecular complexity index is 900. The number of hydrogen-bond acceptors (Lipinski definition) is 6. The first-order valence-corrected chi connectivity index (χ1v) is 15.0. The number of carbonyl (C=O) groups excluding carboxylic acids is 2. The Hall–Kier alpha value is -2.22. The van der Waals surface area contributed by atoms with E-state index in [4.69, 9.17) is 9.94 Å². The van der Waals surface area contributed by atoms with E-state index < -0.39 is 5.91 Å². The lowest BCUT2D eigenvalue weighted by Crippen LogP contribution is -2.47. The molecule has 4 rings (SSSR count). The van der Waals surface area contributed by atoms with Crippen LogP contribution in [0, 0.1) is 17.8 Å². The second kappa shape index (κ2) is 15.4. The third kappa shape index (κ3) is 9.21. The number of rotatable bonds is 12. The summed E-state index contributed by atoms with van der Waals surface area (Å²) in [6.45, 7) is 2.72. The van der Waals surface area contributed by atoms with Gasteiger partial charge in [-0.25, -0.2) is 5.48 Å². The fourth-order valence-electron chi connectivity index (χ4n) is 6.52. The number of carbonyl (C=O) groups is 2. The van der Waals surface area contributed by atoms with Gasteiger partial charge < -0.3 is 15.4 Å². The van der Waals surface area contributed by atoms with Crippen LogP contribution in [-0.2, 0) is 20.9 Å². The number of amides is 1. The summed E-state index contributed by atoms with van der Waals surface area (Å²) in [4.78, 5) is 24.3. The first-order chi connectivity index (χ1) is 18.6. The summed E-state index contributed by atoms with van der Waals surface area (Å²) in [5, 5.41) is 15.9. The van der Waals surface area contributed by atoms with E-state index >= 15 is 0 Å². The number of hydrogen-bond donors (Lipinski definition) is 4. The molecule has 210 valence electrons. The first-order valence-electron chi connectivity index (χ1n) is 15.0. The lowest BCUT2D eigenvalue weighted by Gasteiger charge is -2.33. The summed E-state index contributed by atoms with van der Waals surface area (Å²) in [6.07, 6.45) is 18.5. The van der Waals surface area contributed by atoms with Crippen LogP contribution in [0.5, 0.6) is 0 Å². The quantitative estimate of drug-likeness (QED) is 0.131. The van der Waals surface area contributed by atoms with Crippen molar-refractivity contribution in [2.45, 2.75) is 102 Å². The summed E-state index contributed by atoms with van der Waals surface area (Å²) in [6, 6.07) is 7.93. The number of esters is 1. The Labute approximate surface area is 228 Å². The van der Waals surface area contributed by atoms with Crippen molar-refractivity contribution in [3.05, 3.63) is 41.5 Å². The molecule has 3 saturated carbocycles. The van der Waals surface area contributed by atoms with Gasteiger partial charge in [0.25, 0.3) is 5.91 Å². The van der Waals surface area contributed by atoms with Crippen LogP contribution < -0.4 is 16.1 Å². The smallest absolute Gasteiger partial charge is 0.323 e. The normalized spacial score (nSPS) is 23.9. The molecular formula is C31H47N3O4. The van der Waals surface area contributed by atoms with Crippen LogP contribution in [0.3, 0.4) is 0 Å². The summed E-state index contributed by atoms with van der Waals surface area (Å²) >= 11 is 0. The van der Waals surface area contributed by atoms with Gasteiger partial charge >= 0.3 is 5.97 Å². The highest BCUT2D eigenvalue weighted by atomic mass is 16.5. The number of benzene rings is 1. The van der Waals surface area contributed by atoms with E-state index in [1.807, 2.05) is 12.1 Å². The van der Waals surface area contributed by atoms with Crippen molar-refractivity contribution in [1.29, 1.82) is 0 Å². The zero-order valence-corrected chi connectivity index (χ0v) is 22.8. The molecule has 1 atom stereocenters. The van der Waals surface area contributed by atoms with E-state index in [1.54, 1.807) is 11.6 Å². The van der Waals surface area contributed by atoms with Crippen LogP contribution in [0.4, 0.5) is 0 Å². The SMILES string of the molecule is O=C(/C=C/c1cccc(CNCC2CCC(CNC(C(=O)OC3CCCC3)C3CCCCC3)CC2)c1)NO. The fraction of sp³-hybridized carbons (Fsp3) is 0.677. The molecule has 0 radical (unpaired) electrons. The Morgan fingerprint density at radius 3 is 2.32 bits per heavy atom. The van der Waals surface area contributed by atoms with Gasteiger partial charge in [0, 0.05) is 12.6 Å². The fourth-order valence-corrected chi connectivity index (χ4v) is 6.52. The van der Waals surface area contributed by atoms with Crippen LogP contribution in [0.25, 0.3) is 6.08 Å². The average Bonchev–Trinajstić information content (AvgIpc) is 3.46. The summed E-state index contributed by atoms with van der Waals surface area (Å²) in [5.74, 6) is 1.23. The van der Waals surface area contributed by atoms with Crippen LogP contribution in [0.2, 0.25) is 0 Å². The number of hydroxylamine groups is 1. The zero-order valence-electron chi connectivity index (χ0n) is 22.8. The van der Waals surface area contributed by atoms with Crippen LogP contribution >= 0.6 is 0 Å². The van der Waals surface area contributed by atoms with Gasteiger partial charge in [0.1, 0.15) is 12.1 Å². The minimum absolute atomic E-state index is 0.0120. The lowest BCUT2D eigenvalue weighted by molar-refractivity contribution is -0.153. The lowest BCUT2D eigenvalue weighted by atomic mass is 9.80. The molecule has 0 aromatic heterocycles. The molecule has 0 spiro atoms. The molecule has 1 aromatic rings. The monoisotopic (exact) mass is 525 g/mol. The minimum Gasteiger partial charge on any atom is -0.461 e. The molecule has 0 saturated heterocycles. The van der Waals surface area contributed by atoms with Crippen LogP contribution in [-0.4, -0.2) is 42.3 Å². The largest absolute Gasteiger partial charge is 0.461 e. The molecule has 38 heavy (non-hydrogen) atoms. The molecule has 3 fully saturated rings. The third-order valence-corrected chi connectivity index (χ3v) is 8.80. The third-order valence-electron chi connectivity index (χ3n) is 8.80. The van der Waals surface area contributed by atoms with Gasteiger partial charge in [-0.2, -0.15) is 0 Å². The predicted octanol–water partition coefficient (Wildman–Crippen LogP) is 5.13. The topological polar surface area (TPSA) is 99.7 Å². The molecule has 7 nitrogen and oxygen atoms in total. The Morgan fingerprint density at radius 2 is 1.61 bits per heavy atom. The maximum absolute atomic E-state index is 13.1. The van der Waals surface area contributed by atoms with Crippen LogP contribution in [0.15, 0.2) is 30.3 Å². The molecule has 1 aromatic carbocycles. The van der Waals surface area contributed by atoms with Gasteiger partial charge in [-0.3, -0.25) is 14.8 Å². The Kier molecular flexibility index (Phi) is 11.7. The standard InChI is InChI=1S/C31H47N3O4/c35-29(34-37)18-17-23-7-6-8-26(19-23)21-32-20-24-13-15-25(16-14-24)22-33-30(27-9-2-1-3-10-27)31(36)38-28-11-4-5-12-28/h6-8,17-19,24-25,27-28,30,32-33,37H,1-5,9-16,20-22H2,(H,34,35)/b18-17+. The van der Waals surface area contributed by atoms with E-state index in [9.17, 15) is 9.59 Å². The van der Waals surface area contributed by atoms with Gasteiger partial charge in [0.2, 0.25) is 0 Å². The van der Waals surface area contributed by atoms with Crippen LogP contribution in [0.1, 0.15) is 94.6 Å². The summed E-state index contributed by atoms with van der Waals surface area (Å²) < 4.78 is 5.96. The minimum atomic E-state index is -0.534. The summed E-state index contributed by atoms with van der Waals surface area (Å²) in [7, 11) is 0. The van der Waals surface area contributed by atoms with Crippen molar-refractivity contribution < 1.29 is 19.5 Å². The molecule has 1 unspecified atom stereocenters. The maximum Gasteiger partial charge on any atom is 0.323 e. The highest BCUT2D eigenvalue weighted by Crippen LogP contribution is 2.31. The van der Waals surface area contributed by atoms with Crippen molar-refractivity contribution in [2.24, 2.45) is 17.8 Å². The molecule has 0 bridgehead atoms. The van der Waals surface area contributed by atoms with Crippen molar-refractivity contribution in [3.8, 4) is 0 Å². The molecular weight excluding hydrogens is 478 g/mol. The van der Waals surface area contributed by atoms with Crippen molar-refractivity contribution in [3.63, 3.8) is 0 Å². The first kappa shape index (κ1) is 28.8. The van der Waals surface area contributed by atoms with Gasteiger partial charge in [0.05, 0.1) is 0 Å². The molecule has 3 aliphatic rings. The second-order valence-corrected chi connectivity index (χ2v) is 11.7. The molecule has 7 heteroatoms. The Morgan fingerprint density at radius 1 is 0.921 bits per heavy atom. The Balaban J connectivity index is 1.17. The van der Waals surface area contributed by atoms with E-state index in [0.717, 1.165) is 50.9 Å². The van der Waals surface area contributed by atoms with Crippen molar-refractivity contribution in [2.75, 3.05) is 13.1 Å². The highest BCUT2D eigenvalue weighted by molar-refractivity contribution is 5.90. The van der Waals surface area contributed by atoms with E-state index in [-0.39, 0.29) is 18.1 Å². The molecule has 0 aliphatic heterocycles. The molecule has 4 N–H and O–H groups in total. The van der Waals surface area contributed by atoms with Gasteiger partial charge in [-0.05, 0) is 112 Å². The maximum atomic E-state index is 13.1. The summed E-state index contributed by atoms with van der Waals surface area (Å²) in [5.41, 5.74) is 3.71. The number of ether oxygens (including phenoxy) is 1. The predicted molar refractivity (Wildman–Crippen MR) is 149 cm³/mol. The zero-order chi connectivity index (χ0) is 26.6. The number of nitrogens with one attached hydrogen (secondary N) is 3. The molecule has 0 heterocycles. The van der Waals surface area contributed by atoms with E-state index in [0.29, 0.717) is 17.8 Å². The van der Waals surface area contributed by atoms with Crippen molar-refractivity contribution >= 4 is 18.0 Å². The average molecular weight is 526 g/mol. The van der Waals surface area contributed by atoms with Crippen molar-refractivity contribution in [1.82, 2.24) is 16.1 Å². The molecule has 3 aliphatic carbocycles. The molecule has 1 amide bonds. The van der Waals surface area contributed by atoms with Gasteiger partial charge in [0.15, 0.2) is 0 Å². The van der Waals surface area contributed by atoms with E-state index in [1.165, 1.54) is 69.4 Å². The second-order valence-electron chi connectivity index (χ2n) is 11.7. The van der Waals surface area contributed by atoms with Gasteiger partial charge in [-0.15, -0.1) is 0 Å². The highest BCUT2D eigenvalue weighted by Gasteiger charge is 2.33. The van der Waals surface area contributed by atoms with E-state index in [2.05, 4.69) is 22.8 Å².